The molecule has 0 atom stereocenters. The summed E-state index contributed by atoms with van der Waals surface area (Å²) in [6, 6.07) is 21.8. The van der Waals surface area contributed by atoms with Gasteiger partial charge in [0.05, 0.1) is 12.8 Å². The van der Waals surface area contributed by atoms with Crippen molar-refractivity contribution in [3.05, 3.63) is 88.9 Å². The Hall–Kier alpha value is -3.03. The lowest BCUT2D eigenvalue weighted by Gasteiger charge is -2.34. The van der Waals surface area contributed by atoms with Gasteiger partial charge in [0.1, 0.15) is 17.2 Å². The zero-order valence-corrected chi connectivity index (χ0v) is 22.1. The van der Waals surface area contributed by atoms with Gasteiger partial charge in [-0.05, 0) is 79.6 Å². The molecule has 0 unspecified atom stereocenters. The number of aryl methyl sites for hydroxylation is 1. The number of likely N-dealkylation sites (tertiary alicyclic amines) is 1. The van der Waals surface area contributed by atoms with Gasteiger partial charge in [-0.15, -0.1) is 0 Å². The third-order valence-corrected chi connectivity index (χ3v) is 8.66. The van der Waals surface area contributed by atoms with E-state index in [2.05, 4.69) is 12.1 Å². The number of halogens is 1. The molecule has 1 saturated heterocycles. The highest BCUT2D eigenvalue weighted by Gasteiger charge is 2.32. The third-order valence-electron chi connectivity index (χ3n) is 6.62. The fourth-order valence-electron chi connectivity index (χ4n) is 4.58. The summed E-state index contributed by atoms with van der Waals surface area (Å²) in [6.07, 6.45) is 2.77. The normalized spacial score (nSPS) is 14.5. The smallest absolute Gasteiger partial charge is 0.268 e. The summed E-state index contributed by atoms with van der Waals surface area (Å²) in [5, 5.41) is 0.482. The predicted molar refractivity (Wildman–Crippen MR) is 143 cm³/mol. The van der Waals surface area contributed by atoms with Crippen LogP contribution in [0.15, 0.2) is 77.7 Å². The van der Waals surface area contributed by atoms with Gasteiger partial charge in [0.2, 0.25) is 5.91 Å². The van der Waals surface area contributed by atoms with E-state index in [1.54, 1.807) is 47.4 Å². The van der Waals surface area contributed by atoms with Crippen LogP contribution in [0.2, 0.25) is 5.02 Å². The van der Waals surface area contributed by atoms with Gasteiger partial charge in [0.15, 0.2) is 0 Å². The van der Waals surface area contributed by atoms with Crippen molar-refractivity contribution in [2.45, 2.75) is 31.1 Å². The maximum absolute atomic E-state index is 13.9. The maximum Gasteiger partial charge on any atom is 0.268 e. The molecule has 3 aromatic carbocycles. The number of rotatable bonds is 8. The standard InChI is InChI=1S/C28H31ClN2O4S/c1-21-8-13-26(35-2)27(18-21)36(33,34)31(25-11-9-24(29)10-12-25)20-28(32)30-16-14-23(15-17-30)19-22-6-4-3-5-7-22/h3-13,18,23H,14-17,19-20H2,1-2H3. The fraction of sp³-hybridized carbons (Fsp3) is 0.321. The van der Waals surface area contributed by atoms with Crippen molar-refractivity contribution < 1.29 is 17.9 Å². The topological polar surface area (TPSA) is 66.9 Å². The van der Waals surface area contributed by atoms with Crippen LogP contribution in [0.5, 0.6) is 5.75 Å². The Morgan fingerprint density at radius 1 is 1.03 bits per heavy atom. The van der Waals surface area contributed by atoms with E-state index < -0.39 is 10.0 Å². The summed E-state index contributed by atoms with van der Waals surface area (Å²) < 4.78 is 34.2. The van der Waals surface area contributed by atoms with Crippen LogP contribution < -0.4 is 9.04 Å². The SMILES string of the molecule is COc1ccc(C)cc1S(=O)(=O)N(CC(=O)N1CCC(Cc2ccccc2)CC1)c1ccc(Cl)cc1. The summed E-state index contributed by atoms with van der Waals surface area (Å²) in [6.45, 7) is 2.73. The maximum atomic E-state index is 13.9. The third kappa shape index (κ3) is 6.02. The Labute approximate surface area is 218 Å². The second-order valence-electron chi connectivity index (χ2n) is 9.16. The second-order valence-corrected chi connectivity index (χ2v) is 11.4. The number of benzene rings is 3. The molecule has 0 radical (unpaired) electrons. The number of methoxy groups -OCH3 is 1. The monoisotopic (exact) mass is 526 g/mol. The molecular formula is C28H31ClN2O4S. The summed E-state index contributed by atoms with van der Waals surface area (Å²) in [4.78, 5) is 15.2. The Balaban J connectivity index is 1.54. The molecule has 0 aromatic heterocycles. The van der Waals surface area contributed by atoms with Gasteiger partial charge in [-0.2, -0.15) is 0 Å². The Morgan fingerprint density at radius 3 is 2.33 bits per heavy atom. The molecule has 0 aliphatic carbocycles. The summed E-state index contributed by atoms with van der Waals surface area (Å²) in [5.41, 5.74) is 2.45. The largest absolute Gasteiger partial charge is 0.495 e. The molecule has 3 aromatic rings. The number of nitrogens with zero attached hydrogens (tertiary/aromatic N) is 2. The van der Waals surface area contributed by atoms with E-state index >= 15 is 0 Å². The molecule has 0 saturated carbocycles. The average Bonchev–Trinajstić information content (AvgIpc) is 2.88. The van der Waals surface area contributed by atoms with Gasteiger partial charge in [-0.1, -0.05) is 48.0 Å². The minimum Gasteiger partial charge on any atom is -0.495 e. The minimum atomic E-state index is -4.10. The molecule has 0 N–H and O–H groups in total. The molecule has 8 heteroatoms. The van der Waals surface area contributed by atoms with Crippen LogP contribution in [0.25, 0.3) is 0 Å². The predicted octanol–water partition coefficient (Wildman–Crippen LogP) is 5.33. The lowest BCUT2D eigenvalue weighted by Crippen LogP contribution is -2.46. The summed E-state index contributed by atoms with van der Waals surface area (Å²) in [7, 11) is -2.67. The number of amides is 1. The van der Waals surface area contributed by atoms with E-state index in [1.807, 2.05) is 25.1 Å². The van der Waals surface area contributed by atoms with Crippen molar-refractivity contribution in [2.75, 3.05) is 31.0 Å². The van der Waals surface area contributed by atoms with Crippen LogP contribution >= 0.6 is 11.6 Å². The van der Waals surface area contributed by atoms with Crippen molar-refractivity contribution in [1.29, 1.82) is 0 Å². The summed E-state index contributed by atoms with van der Waals surface area (Å²) in [5.74, 6) is 0.510. The molecule has 1 aliphatic rings. The van der Waals surface area contributed by atoms with Gasteiger partial charge < -0.3 is 9.64 Å². The van der Waals surface area contributed by atoms with Gasteiger partial charge >= 0.3 is 0 Å². The second kappa shape index (κ2) is 11.4. The van der Waals surface area contributed by atoms with Crippen LogP contribution in [0.4, 0.5) is 5.69 Å². The first kappa shape index (κ1) is 26.0. The first-order chi connectivity index (χ1) is 17.3. The number of sulfonamides is 1. The van der Waals surface area contributed by atoms with Crippen molar-refractivity contribution in [3.63, 3.8) is 0 Å². The molecule has 190 valence electrons. The molecule has 4 rings (SSSR count). The van der Waals surface area contributed by atoms with E-state index in [-0.39, 0.29) is 23.1 Å². The Kier molecular flexibility index (Phi) is 8.21. The fourth-order valence-corrected chi connectivity index (χ4v) is 6.37. The number of ether oxygens (including phenoxy) is 1. The molecular weight excluding hydrogens is 496 g/mol. The van der Waals surface area contributed by atoms with Crippen molar-refractivity contribution in [2.24, 2.45) is 5.92 Å². The van der Waals surface area contributed by atoms with Crippen LogP contribution in [0.3, 0.4) is 0 Å². The molecule has 0 bridgehead atoms. The van der Waals surface area contributed by atoms with Gasteiger partial charge in [0, 0.05) is 18.1 Å². The number of hydrogen-bond acceptors (Lipinski definition) is 4. The van der Waals surface area contributed by atoms with E-state index in [9.17, 15) is 13.2 Å². The molecule has 1 aliphatic heterocycles. The van der Waals surface area contributed by atoms with Crippen molar-refractivity contribution in [1.82, 2.24) is 4.90 Å². The molecule has 6 nitrogen and oxygen atoms in total. The van der Waals surface area contributed by atoms with Crippen LogP contribution in [-0.2, 0) is 21.2 Å². The molecule has 1 heterocycles. The Bertz CT molecular complexity index is 1290. The van der Waals surface area contributed by atoms with E-state index in [4.69, 9.17) is 16.3 Å². The molecule has 36 heavy (non-hydrogen) atoms. The Morgan fingerprint density at radius 2 is 1.69 bits per heavy atom. The van der Waals surface area contributed by atoms with Crippen molar-refractivity contribution in [3.8, 4) is 5.75 Å². The zero-order chi connectivity index (χ0) is 25.7. The number of carbonyl (C=O) groups is 1. The lowest BCUT2D eigenvalue weighted by molar-refractivity contribution is -0.130. The minimum absolute atomic E-state index is 0.0225. The van der Waals surface area contributed by atoms with Gasteiger partial charge in [0.25, 0.3) is 10.0 Å². The number of anilines is 1. The summed E-state index contributed by atoms with van der Waals surface area (Å²) >= 11 is 6.05. The zero-order valence-electron chi connectivity index (χ0n) is 20.6. The first-order valence-corrected chi connectivity index (χ1v) is 13.8. The number of piperidine rings is 1. The van der Waals surface area contributed by atoms with E-state index in [0.29, 0.717) is 29.7 Å². The van der Waals surface area contributed by atoms with Crippen molar-refractivity contribution >= 4 is 33.2 Å². The average molecular weight is 527 g/mol. The van der Waals surface area contributed by atoms with E-state index in [1.165, 1.54) is 12.7 Å². The highest BCUT2D eigenvalue weighted by atomic mass is 35.5. The highest BCUT2D eigenvalue weighted by Crippen LogP contribution is 2.32. The van der Waals surface area contributed by atoms with Crippen LogP contribution in [0.1, 0.15) is 24.0 Å². The van der Waals surface area contributed by atoms with Gasteiger partial charge in [-0.3, -0.25) is 9.10 Å². The van der Waals surface area contributed by atoms with Crippen LogP contribution in [0, 0.1) is 12.8 Å². The molecule has 1 amide bonds. The highest BCUT2D eigenvalue weighted by molar-refractivity contribution is 7.93. The van der Waals surface area contributed by atoms with E-state index in [0.717, 1.165) is 29.1 Å². The van der Waals surface area contributed by atoms with Crippen LogP contribution in [-0.4, -0.2) is 46.0 Å². The number of hydrogen-bond donors (Lipinski definition) is 0. The quantitative estimate of drug-likeness (QED) is 0.397. The number of carbonyl (C=O) groups excluding carboxylic acids is 1. The van der Waals surface area contributed by atoms with Gasteiger partial charge in [-0.25, -0.2) is 8.42 Å². The first-order valence-electron chi connectivity index (χ1n) is 12.0. The molecule has 1 fully saturated rings. The lowest BCUT2D eigenvalue weighted by atomic mass is 9.90. The molecule has 0 spiro atoms.